The summed E-state index contributed by atoms with van der Waals surface area (Å²) in [4.78, 5) is 11.4. The molecular weight excluding hydrogens is 172 g/mol. The van der Waals surface area contributed by atoms with Crippen LogP contribution in [-0.2, 0) is 4.79 Å². The van der Waals surface area contributed by atoms with Gasteiger partial charge in [0.05, 0.1) is 0 Å². The van der Waals surface area contributed by atoms with Crippen molar-refractivity contribution in [3.05, 3.63) is 0 Å². The third-order valence-electron chi connectivity index (χ3n) is 3.53. The van der Waals surface area contributed by atoms with Crippen LogP contribution in [0.5, 0.6) is 0 Å². The third-order valence-corrected chi connectivity index (χ3v) is 3.53. The molecule has 0 aromatic rings. The summed E-state index contributed by atoms with van der Waals surface area (Å²) in [6.07, 6.45) is 12.4. The number of hydrogen-bond donors (Lipinski definition) is 0. The molecule has 1 nitrogen and oxygen atoms in total. The first kappa shape index (κ1) is 10.2. The van der Waals surface area contributed by atoms with Gasteiger partial charge in [-0.3, -0.25) is 4.79 Å². The summed E-state index contributed by atoms with van der Waals surface area (Å²) in [5, 5.41) is 0. The molecule has 2 saturated carbocycles. The number of Topliss-reactive ketones (excluding diaryl/α,β-unsaturated/α-hetero) is 1. The predicted molar refractivity (Wildman–Crippen MR) is 58.2 cm³/mol. The maximum atomic E-state index is 11.4. The molecule has 0 aromatic carbocycles. The Labute approximate surface area is 87.3 Å². The van der Waals surface area contributed by atoms with Gasteiger partial charge in [0.15, 0.2) is 0 Å². The van der Waals surface area contributed by atoms with E-state index in [1.165, 1.54) is 38.5 Å². The first-order chi connectivity index (χ1) is 6.84. The first-order valence-electron chi connectivity index (χ1n) is 6.36. The van der Waals surface area contributed by atoms with Crippen molar-refractivity contribution in [3.8, 4) is 0 Å². The second-order valence-corrected chi connectivity index (χ2v) is 5.21. The van der Waals surface area contributed by atoms with Crippen molar-refractivity contribution in [3.63, 3.8) is 0 Å². The largest absolute Gasteiger partial charge is 0.300 e. The van der Waals surface area contributed by atoms with Crippen molar-refractivity contribution in [2.45, 2.75) is 64.2 Å². The van der Waals surface area contributed by atoms with Crippen LogP contribution in [0.4, 0.5) is 0 Å². The lowest BCUT2D eigenvalue weighted by atomic mass is 10.1. The molecule has 0 aliphatic heterocycles. The van der Waals surface area contributed by atoms with Crippen molar-refractivity contribution < 1.29 is 4.79 Å². The summed E-state index contributed by atoms with van der Waals surface area (Å²) in [5.41, 5.74) is 0. The first-order valence-corrected chi connectivity index (χ1v) is 6.36. The van der Waals surface area contributed by atoms with Crippen LogP contribution in [0, 0.1) is 11.8 Å². The fourth-order valence-electron chi connectivity index (χ4n) is 2.11. The second kappa shape index (κ2) is 4.95. The minimum Gasteiger partial charge on any atom is -0.300 e. The Kier molecular flexibility index (Phi) is 3.61. The standard InChI is InChI=1S/C13H22O/c14-13(5-1-3-11-7-8-11)6-2-4-12-9-10-12/h11-12H,1-10H2. The smallest absolute Gasteiger partial charge is 0.132 e. The summed E-state index contributed by atoms with van der Waals surface area (Å²) in [5.74, 6) is 2.51. The Balaban J connectivity index is 1.40. The lowest BCUT2D eigenvalue weighted by Gasteiger charge is -2.00. The van der Waals surface area contributed by atoms with Crippen LogP contribution >= 0.6 is 0 Å². The molecule has 2 aliphatic rings. The summed E-state index contributed by atoms with van der Waals surface area (Å²) in [7, 11) is 0. The number of carbonyl (C=O) groups excluding carboxylic acids is 1. The Morgan fingerprint density at radius 1 is 0.857 bits per heavy atom. The predicted octanol–water partition coefficient (Wildman–Crippen LogP) is 3.72. The van der Waals surface area contributed by atoms with E-state index in [0.717, 1.165) is 37.5 Å². The minimum absolute atomic E-state index is 0.520. The SMILES string of the molecule is O=C(CCCC1CC1)CCCC1CC1. The van der Waals surface area contributed by atoms with Gasteiger partial charge in [-0.15, -0.1) is 0 Å². The lowest BCUT2D eigenvalue weighted by Crippen LogP contribution is -1.98. The molecule has 2 rings (SSSR count). The molecule has 0 radical (unpaired) electrons. The van der Waals surface area contributed by atoms with E-state index in [1.54, 1.807) is 0 Å². The summed E-state index contributed by atoms with van der Waals surface area (Å²) >= 11 is 0. The fourth-order valence-corrected chi connectivity index (χ4v) is 2.11. The Bertz CT molecular complexity index is 169. The highest BCUT2D eigenvalue weighted by Gasteiger charge is 2.22. The van der Waals surface area contributed by atoms with E-state index in [2.05, 4.69) is 0 Å². The molecule has 0 unspecified atom stereocenters. The molecule has 80 valence electrons. The van der Waals surface area contributed by atoms with Crippen LogP contribution in [0.1, 0.15) is 64.2 Å². The van der Waals surface area contributed by atoms with Crippen molar-refractivity contribution in [1.82, 2.24) is 0 Å². The van der Waals surface area contributed by atoms with Crippen LogP contribution in [0.25, 0.3) is 0 Å². The highest BCUT2D eigenvalue weighted by Crippen LogP contribution is 2.35. The molecule has 0 aromatic heterocycles. The highest BCUT2D eigenvalue weighted by molar-refractivity contribution is 5.78. The van der Waals surface area contributed by atoms with Crippen LogP contribution in [-0.4, -0.2) is 5.78 Å². The van der Waals surface area contributed by atoms with Gasteiger partial charge in [0, 0.05) is 12.8 Å². The van der Waals surface area contributed by atoms with E-state index < -0.39 is 0 Å². The maximum Gasteiger partial charge on any atom is 0.132 e. The number of hydrogen-bond acceptors (Lipinski definition) is 1. The average Bonchev–Trinajstić information content (AvgIpc) is 2.99. The van der Waals surface area contributed by atoms with E-state index in [9.17, 15) is 4.79 Å². The zero-order valence-electron chi connectivity index (χ0n) is 9.13. The molecule has 0 heterocycles. The molecule has 0 saturated heterocycles. The van der Waals surface area contributed by atoms with Crippen LogP contribution in [0.15, 0.2) is 0 Å². The molecule has 1 heteroatoms. The third kappa shape index (κ3) is 4.26. The maximum absolute atomic E-state index is 11.4. The average molecular weight is 194 g/mol. The van der Waals surface area contributed by atoms with E-state index in [-0.39, 0.29) is 0 Å². The van der Waals surface area contributed by atoms with E-state index >= 15 is 0 Å². The Hall–Kier alpha value is -0.330. The lowest BCUT2D eigenvalue weighted by molar-refractivity contribution is -0.119. The number of ketones is 1. The van der Waals surface area contributed by atoms with Crippen molar-refractivity contribution in [1.29, 1.82) is 0 Å². The highest BCUT2D eigenvalue weighted by atomic mass is 16.1. The van der Waals surface area contributed by atoms with Gasteiger partial charge in [0.2, 0.25) is 0 Å². The van der Waals surface area contributed by atoms with E-state index in [4.69, 9.17) is 0 Å². The summed E-state index contributed by atoms with van der Waals surface area (Å²) in [6, 6.07) is 0. The zero-order valence-corrected chi connectivity index (χ0v) is 9.13. The van der Waals surface area contributed by atoms with Gasteiger partial charge >= 0.3 is 0 Å². The summed E-state index contributed by atoms with van der Waals surface area (Å²) < 4.78 is 0. The molecule has 14 heavy (non-hydrogen) atoms. The molecule has 0 atom stereocenters. The van der Waals surface area contributed by atoms with Crippen LogP contribution < -0.4 is 0 Å². The zero-order chi connectivity index (χ0) is 9.80. The minimum atomic E-state index is 0.520. The summed E-state index contributed by atoms with van der Waals surface area (Å²) in [6.45, 7) is 0. The van der Waals surface area contributed by atoms with Gasteiger partial charge in [0.25, 0.3) is 0 Å². The van der Waals surface area contributed by atoms with Gasteiger partial charge in [-0.1, -0.05) is 38.5 Å². The molecule has 0 N–H and O–H groups in total. The van der Waals surface area contributed by atoms with Gasteiger partial charge in [-0.25, -0.2) is 0 Å². The topological polar surface area (TPSA) is 17.1 Å². The van der Waals surface area contributed by atoms with Crippen molar-refractivity contribution in [2.24, 2.45) is 11.8 Å². The Morgan fingerprint density at radius 2 is 1.29 bits per heavy atom. The fraction of sp³-hybridized carbons (Fsp3) is 0.923. The molecular formula is C13H22O. The van der Waals surface area contributed by atoms with Crippen molar-refractivity contribution in [2.75, 3.05) is 0 Å². The number of carbonyl (C=O) groups is 1. The quantitative estimate of drug-likeness (QED) is 0.575. The molecule has 2 aliphatic carbocycles. The van der Waals surface area contributed by atoms with Crippen molar-refractivity contribution >= 4 is 5.78 Å². The van der Waals surface area contributed by atoms with Gasteiger partial charge in [-0.05, 0) is 24.7 Å². The molecule has 0 amide bonds. The normalized spacial score (nSPS) is 21.1. The Morgan fingerprint density at radius 3 is 1.64 bits per heavy atom. The van der Waals surface area contributed by atoms with Gasteiger partial charge < -0.3 is 0 Å². The monoisotopic (exact) mass is 194 g/mol. The number of rotatable bonds is 8. The van der Waals surface area contributed by atoms with Crippen LogP contribution in [0.2, 0.25) is 0 Å². The molecule has 0 bridgehead atoms. The van der Waals surface area contributed by atoms with Gasteiger partial charge in [-0.2, -0.15) is 0 Å². The van der Waals surface area contributed by atoms with E-state index in [1.807, 2.05) is 0 Å². The van der Waals surface area contributed by atoms with E-state index in [0.29, 0.717) is 5.78 Å². The molecule has 0 spiro atoms. The van der Waals surface area contributed by atoms with Crippen LogP contribution in [0.3, 0.4) is 0 Å². The molecule has 2 fully saturated rings. The van der Waals surface area contributed by atoms with Gasteiger partial charge in [0.1, 0.15) is 5.78 Å². The second-order valence-electron chi connectivity index (χ2n) is 5.21.